The largest absolute Gasteiger partial charge is 0.491 e. The van der Waals surface area contributed by atoms with E-state index in [-0.39, 0.29) is 6.04 Å². The Morgan fingerprint density at radius 2 is 1.97 bits per heavy atom. The number of hydrogen-bond acceptors (Lipinski definition) is 8. The van der Waals surface area contributed by atoms with Crippen molar-refractivity contribution in [1.29, 1.82) is 5.26 Å². The summed E-state index contributed by atoms with van der Waals surface area (Å²) in [6.07, 6.45) is 2.00. The highest BCUT2D eigenvalue weighted by molar-refractivity contribution is 5.85. The van der Waals surface area contributed by atoms with Crippen molar-refractivity contribution in [3.63, 3.8) is 0 Å². The number of nitriles is 1. The highest BCUT2D eigenvalue weighted by Gasteiger charge is 2.36. The second-order valence-electron chi connectivity index (χ2n) is 9.44. The Balaban J connectivity index is 1.24. The first-order valence-corrected chi connectivity index (χ1v) is 12.1. The summed E-state index contributed by atoms with van der Waals surface area (Å²) in [4.78, 5) is 16.9. The average Bonchev–Trinajstić information content (AvgIpc) is 3.08. The van der Waals surface area contributed by atoms with Crippen molar-refractivity contribution in [2.75, 3.05) is 55.7 Å². The molecule has 8 heteroatoms. The zero-order valence-electron chi connectivity index (χ0n) is 19.4. The molecule has 2 saturated heterocycles. The van der Waals surface area contributed by atoms with E-state index in [0.717, 1.165) is 79.7 Å². The number of fused-ring (bicyclic) bond motifs is 3. The maximum atomic E-state index is 9.52. The molecule has 2 atom stereocenters. The molecule has 8 nitrogen and oxygen atoms in total. The molecule has 2 fully saturated rings. The quantitative estimate of drug-likeness (QED) is 0.631. The van der Waals surface area contributed by atoms with Gasteiger partial charge in [-0.3, -0.25) is 4.90 Å². The van der Waals surface area contributed by atoms with Crippen LogP contribution in [-0.4, -0.2) is 72.8 Å². The van der Waals surface area contributed by atoms with E-state index in [1.807, 2.05) is 24.4 Å². The van der Waals surface area contributed by atoms with Gasteiger partial charge in [0, 0.05) is 75.1 Å². The van der Waals surface area contributed by atoms with E-state index >= 15 is 0 Å². The van der Waals surface area contributed by atoms with E-state index in [9.17, 15) is 5.26 Å². The first-order chi connectivity index (χ1) is 16.7. The molecular formula is C26H29N7O. The average molecular weight is 456 g/mol. The molecule has 1 N–H and O–H groups in total. The number of benzene rings is 1. The Kier molecular flexibility index (Phi) is 5.44. The summed E-state index contributed by atoms with van der Waals surface area (Å²) in [7, 11) is 0. The molecular weight excluding hydrogens is 426 g/mol. The molecule has 1 aromatic carbocycles. The van der Waals surface area contributed by atoms with Gasteiger partial charge < -0.3 is 19.9 Å². The van der Waals surface area contributed by atoms with Crippen LogP contribution in [0.25, 0.3) is 10.9 Å². The normalized spacial score (nSPS) is 22.9. The second-order valence-corrected chi connectivity index (χ2v) is 9.44. The Labute approximate surface area is 199 Å². The van der Waals surface area contributed by atoms with E-state index in [0.29, 0.717) is 18.2 Å². The number of nitrogens with one attached hydrogen (secondary N) is 1. The number of pyridine rings is 2. The van der Waals surface area contributed by atoms with Gasteiger partial charge in [-0.05, 0) is 25.1 Å². The van der Waals surface area contributed by atoms with Crippen LogP contribution < -0.4 is 19.9 Å². The Morgan fingerprint density at radius 3 is 2.82 bits per heavy atom. The van der Waals surface area contributed by atoms with Gasteiger partial charge in [-0.15, -0.1) is 0 Å². The summed E-state index contributed by atoms with van der Waals surface area (Å²) in [5.41, 5.74) is 2.55. The van der Waals surface area contributed by atoms with Crippen LogP contribution in [-0.2, 0) is 6.54 Å². The first kappa shape index (κ1) is 21.1. The second kappa shape index (κ2) is 8.75. The third-order valence-corrected chi connectivity index (χ3v) is 7.26. The third kappa shape index (κ3) is 3.81. The van der Waals surface area contributed by atoms with Gasteiger partial charge in [-0.1, -0.05) is 12.1 Å². The minimum atomic E-state index is 0.252. The molecule has 3 aliphatic heterocycles. The van der Waals surface area contributed by atoms with E-state index in [2.05, 4.69) is 51.2 Å². The fourth-order valence-corrected chi connectivity index (χ4v) is 5.40. The van der Waals surface area contributed by atoms with E-state index in [4.69, 9.17) is 14.7 Å². The molecule has 34 heavy (non-hydrogen) atoms. The van der Waals surface area contributed by atoms with Gasteiger partial charge in [0.25, 0.3) is 0 Å². The molecule has 0 saturated carbocycles. The fourth-order valence-electron chi connectivity index (χ4n) is 5.40. The Morgan fingerprint density at radius 1 is 1.09 bits per heavy atom. The SMILES string of the molecule is C[C@@H]1CN(c2ccc3cccc(C#N)c3n2)C[C@@H]2COc3cc(N4CCNCC4)ncc3CN21. The van der Waals surface area contributed by atoms with Crippen molar-refractivity contribution >= 4 is 22.5 Å². The molecule has 0 amide bonds. The molecule has 5 heterocycles. The Hall–Kier alpha value is -3.41. The maximum absolute atomic E-state index is 9.52. The third-order valence-electron chi connectivity index (χ3n) is 7.26. The van der Waals surface area contributed by atoms with Gasteiger partial charge in [0.1, 0.15) is 30.1 Å². The van der Waals surface area contributed by atoms with Gasteiger partial charge in [0.15, 0.2) is 0 Å². The predicted octanol–water partition coefficient (Wildman–Crippen LogP) is 2.38. The van der Waals surface area contributed by atoms with Gasteiger partial charge in [0.05, 0.1) is 17.1 Å². The standard InChI is InChI=1S/C26H29N7O/c1-18-14-32(24-6-5-19-3-2-4-20(12-27)26(19)30-24)16-22-17-34-23-11-25(31-9-7-28-8-10-31)29-13-21(23)15-33(18)22/h2-6,11,13,18,22,28H,7-10,14-17H2,1H3/t18-,22-/m1/s1. The molecule has 2 aromatic heterocycles. The van der Waals surface area contributed by atoms with Crippen molar-refractivity contribution < 1.29 is 4.74 Å². The molecule has 0 radical (unpaired) electrons. The lowest BCUT2D eigenvalue weighted by Crippen LogP contribution is -2.58. The number of aromatic nitrogens is 2. The molecule has 0 aliphatic carbocycles. The summed E-state index contributed by atoms with van der Waals surface area (Å²) >= 11 is 0. The first-order valence-electron chi connectivity index (χ1n) is 12.1. The summed E-state index contributed by atoms with van der Waals surface area (Å²) in [5.74, 6) is 2.88. The van der Waals surface area contributed by atoms with Gasteiger partial charge in [-0.25, -0.2) is 9.97 Å². The molecule has 0 bridgehead atoms. The minimum absolute atomic E-state index is 0.252. The molecule has 6 rings (SSSR count). The highest BCUT2D eigenvalue weighted by Crippen LogP contribution is 2.32. The molecule has 3 aliphatic rings. The molecule has 174 valence electrons. The number of piperazine rings is 2. The zero-order valence-corrected chi connectivity index (χ0v) is 19.4. The number of ether oxygens (including phenoxy) is 1. The van der Waals surface area contributed by atoms with Gasteiger partial charge in [0.2, 0.25) is 0 Å². The number of para-hydroxylation sites is 1. The molecule has 0 spiro atoms. The van der Waals surface area contributed by atoms with Crippen LogP contribution in [0.1, 0.15) is 18.1 Å². The van der Waals surface area contributed by atoms with Crippen LogP contribution in [0.3, 0.4) is 0 Å². The maximum Gasteiger partial charge on any atom is 0.132 e. The van der Waals surface area contributed by atoms with E-state index in [1.54, 1.807) is 0 Å². The van der Waals surface area contributed by atoms with Crippen LogP contribution >= 0.6 is 0 Å². The van der Waals surface area contributed by atoms with E-state index in [1.165, 1.54) is 0 Å². The van der Waals surface area contributed by atoms with Crippen molar-refractivity contribution in [1.82, 2.24) is 20.2 Å². The monoisotopic (exact) mass is 455 g/mol. The zero-order chi connectivity index (χ0) is 23.1. The van der Waals surface area contributed by atoms with Crippen molar-refractivity contribution in [2.24, 2.45) is 0 Å². The van der Waals surface area contributed by atoms with Crippen LogP contribution in [0.2, 0.25) is 0 Å². The number of nitrogens with zero attached hydrogens (tertiary/aromatic N) is 6. The van der Waals surface area contributed by atoms with Crippen LogP contribution in [0.4, 0.5) is 11.6 Å². The summed E-state index contributed by atoms with van der Waals surface area (Å²) in [6, 6.07) is 14.9. The van der Waals surface area contributed by atoms with Crippen LogP contribution in [0.5, 0.6) is 5.75 Å². The topological polar surface area (TPSA) is 80.5 Å². The Bertz CT molecular complexity index is 1250. The summed E-state index contributed by atoms with van der Waals surface area (Å²) in [6.45, 7) is 9.38. The summed E-state index contributed by atoms with van der Waals surface area (Å²) < 4.78 is 6.37. The van der Waals surface area contributed by atoms with E-state index < -0.39 is 0 Å². The molecule has 3 aromatic rings. The lowest BCUT2D eigenvalue weighted by molar-refractivity contribution is 0.0888. The lowest BCUT2D eigenvalue weighted by atomic mass is 10.1. The van der Waals surface area contributed by atoms with Crippen molar-refractivity contribution in [3.05, 3.63) is 53.7 Å². The number of anilines is 2. The smallest absolute Gasteiger partial charge is 0.132 e. The predicted molar refractivity (Wildman–Crippen MR) is 132 cm³/mol. The fraction of sp³-hybridized carbons (Fsp3) is 0.423. The van der Waals surface area contributed by atoms with Crippen molar-refractivity contribution in [2.45, 2.75) is 25.6 Å². The van der Waals surface area contributed by atoms with Crippen molar-refractivity contribution in [3.8, 4) is 11.8 Å². The van der Waals surface area contributed by atoms with Gasteiger partial charge >= 0.3 is 0 Å². The minimum Gasteiger partial charge on any atom is -0.491 e. The van der Waals surface area contributed by atoms with Crippen LogP contribution in [0.15, 0.2) is 42.6 Å². The molecule has 0 unspecified atom stereocenters. The number of rotatable bonds is 2. The van der Waals surface area contributed by atoms with Gasteiger partial charge in [-0.2, -0.15) is 5.26 Å². The van der Waals surface area contributed by atoms with Crippen LogP contribution in [0, 0.1) is 11.3 Å². The highest BCUT2D eigenvalue weighted by atomic mass is 16.5. The summed E-state index contributed by atoms with van der Waals surface area (Å²) in [5, 5.41) is 13.9. The number of hydrogen-bond donors (Lipinski definition) is 1. The lowest BCUT2D eigenvalue weighted by Gasteiger charge is -2.44.